The standard InChI is InChI=1S/C25H24N4O2S/c1-15-23-18(17-10-4-6-12-20(17)31-16-8-2-3-9-16)14-22(30)27-24(23)29(28-15)25-26-19-11-5-7-13-21(19)32-25/h4-7,10-13,16,18H,2-3,8-9,14H2,1H3,(H,27,30). The lowest BCUT2D eigenvalue weighted by atomic mass is 9.85. The Morgan fingerprint density at radius 3 is 2.72 bits per heavy atom. The molecule has 0 bridgehead atoms. The van der Waals surface area contributed by atoms with Crippen LogP contribution in [0.15, 0.2) is 48.5 Å². The normalized spacial score (nSPS) is 18.7. The molecule has 1 atom stereocenters. The molecule has 0 saturated heterocycles. The predicted octanol–water partition coefficient (Wildman–Crippen LogP) is 5.59. The summed E-state index contributed by atoms with van der Waals surface area (Å²) in [6.07, 6.45) is 5.27. The number of aryl methyl sites for hydroxylation is 1. The Bertz CT molecular complexity index is 1290. The molecule has 7 heteroatoms. The summed E-state index contributed by atoms with van der Waals surface area (Å²) in [5.41, 5.74) is 3.94. The van der Waals surface area contributed by atoms with Gasteiger partial charge >= 0.3 is 0 Å². The smallest absolute Gasteiger partial charge is 0.226 e. The third kappa shape index (κ3) is 3.28. The van der Waals surface area contributed by atoms with Crippen LogP contribution in [0.4, 0.5) is 5.82 Å². The van der Waals surface area contributed by atoms with E-state index in [0.29, 0.717) is 6.42 Å². The predicted molar refractivity (Wildman–Crippen MR) is 126 cm³/mol. The van der Waals surface area contributed by atoms with E-state index in [2.05, 4.69) is 17.4 Å². The summed E-state index contributed by atoms with van der Waals surface area (Å²) < 4.78 is 9.30. The third-order valence-electron chi connectivity index (χ3n) is 6.46. The van der Waals surface area contributed by atoms with Gasteiger partial charge < -0.3 is 10.1 Å². The summed E-state index contributed by atoms with van der Waals surface area (Å²) in [5.74, 6) is 1.50. The van der Waals surface area contributed by atoms with Gasteiger partial charge in [-0.05, 0) is 50.8 Å². The molecule has 1 fully saturated rings. The molecule has 1 unspecified atom stereocenters. The van der Waals surface area contributed by atoms with Gasteiger partial charge in [-0.1, -0.05) is 41.7 Å². The van der Waals surface area contributed by atoms with Gasteiger partial charge in [0.05, 0.1) is 22.0 Å². The van der Waals surface area contributed by atoms with E-state index in [1.807, 2.05) is 43.3 Å². The van der Waals surface area contributed by atoms with Crippen molar-refractivity contribution in [2.45, 2.75) is 51.0 Å². The molecule has 0 spiro atoms. The van der Waals surface area contributed by atoms with Gasteiger partial charge in [0.2, 0.25) is 11.0 Å². The molecule has 1 saturated carbocycles. The maximum atomic E-state index is 12.8. The van der Waals surface area contributed by atoms with Crippen LogP contribution in [0.2, 0.25) is 0 Å². The Balaban J connectivity index is 1.45. The van der Waals surface area contributed by atoms with Crippen molar-refractivity contribution in [2.75, 3.05) is 5.32 Å². The van der Waals surface area contributed by atoms with Gasteiger partial charge in [0, 0.05) is 23.5 Å². The molecule has 4 aromatic rings. The van der Waals surface area contributed by atoms with E-state index in [4.69, 9.17) is 14.8 Å². The number of benzene rings is 2. The van der Waals surface area contributed by atoms with Gasteiger partial charge in [-0.3, -0.25) is 4.79 Å². The van der Waals surface area contributed by atoms with Crippen LogP contribution >= 0.6 is 11.3 Å². The molecule has 6 nitrogen and oxygen atoms in total. The van der Waals surface area contributed by atoms with E-state index in [-0.39, 0.29) is 17.9 Å². The van der Waals surface area contributed by atoms with Crippen molar-refractivity contribution in [2.24, 2.45) is 0 Å². The maximum Gasteiger partial charge on any atom is 0.226 e. The van der Waals surface area contributed by atoms with Crippen molar-refractivity contribution in [1.29, 1.82) is 0 Å². The number of aromatic nitrogens is 3. The highest BCUT2D eigenvalue weighted by atomic mass is 32.1. The summed E-state index contributed by atoms with van der Waals surface area (Å²) in [7, 11) is 0. The van der Waals surface area contributed by atoms with Gasteiger partial charge in [0.1, 0.15) is 11.6 Å². The van der Waals surface area contributed by atoms with Crippen molar-refractivity contribution in [3.63, 3.8) is 0 Å². The molecule has 162 valence electrons. The fourth-order valence-corrected chi connectivity index (χ4v) is 5.89. The number of nitrogens with zero attached hydrogens (tertiary/aromatic N) is 3. The summed E-state index contributed by atoms with van der Waals surface area (Å²) in [6.45, 7) is 2.01. The SMILES string of the molecule is Cc1nn(-c2nc3ccccc3s2)c2c1C(c1ccccc1OC1CCCC1)CC(=O)N2. The van der Waals surface area contributed by atoms with Gasteiger partial charge in [0.15, 0.2) is 0 Å². The highest BCUT2D eigenvalue weighted by Gasteiger charge is 2.35. The summed E-state index contributed by atoms with van der Waals surface area (Å²) in [6, 6.07) is 16.2. The molecular weight excluding hydrogens is 420 g/mol. The quantitative estimate of drug-likeness (QED) is 0.446. The van der Waals surface area contributed by atoms with Crippen molar-refractivity contribution in [3.8, 4) is 10.9 Å². The number of hydrogen-bond acceptors (Lipinski definition) is 5. The Hall–Kier alpha value is -3.19. The Morgan fingerprint density at radius 1 is 1.09 bits per heavy atom. The van der Waals surface area contributed by atoms with Crippen molar-refractivity contribution in [1.82, 2.24) is 14.8 Å². The number of ether oxygens (including phenoxy) is 1. The molecule has 6 rings (SSSR count). The van der Waals surface area contributed by atoms with Crippen LogP contribution in [-0.4, -0.2) is 26.8 Å². The number of anilines is 1. The molecule has 2 aromatic heterocycles. The molecule has 2 aliphatic rings. The lowest BCUT2D eigenvalue weighted by molar-refractivity contribution is -0.116. The lowest BCUT2D eigenvalue weighted by Crippen LogP contribution is -2.25. The summed E-state index contributed by atoms with van der Waals surface area (Å²) in [5, 5.41) is 8.64. The van der Waals surface area contributed by atoms with E-state index in [0.717, 1.165) is 56.6 Å². The number of carbonyl (C=O) groups excluding carboxylic acids is 1. The van der Waals surface area contributed by atoms with Gasteiger partial charge in [-0.15, -0.1) is 0 Å². The second kappa shape index (κ2) is 7.74. The number of carbonyl (C=O) groups is 1. The fourth-order valence-electron chi connectivity index (χ4n) is 4.96. The molecule has 1 N–H and O–H groups in total. The third-order valence-corrected chi connectivity index (χ3v) is 7.47. The largest absolute Gasteiger partial charge is 0.490 e. The summed E-state index contributed by atoms with van der Waals surface area (Å²) in [4.78, 5) is 17.6. The topological polar surface area (TPSA) is 69.0 Å². The number of thiazole rings is 1. The van der Waals surface area contributed by atoms with Crippen LogP contribution < -0.4 is 10.1 Å². The second-order valence-corrected chi connectivity index (χ2v) is 9.60. The number of para-hydroxylation sites is 2. The highest BCUT2D eigenvalue weighted by molar-refractivity contribution is 7.20. The Morgan fingerprint density at radius 2 is 1.88 bits per heavy atom. The van der Waals surface area contributed by atoms with Crippen molar-refractivity contribution < 1.29 is 9.53 Å². The molecular formula is C25H24N4O2S. The van der Waals surface area contributed by atoms with Crippen LogP contribution in [0.3, 0.4) is 0 Å². The molecule has 3 heterocycles. The van der Waals surface area contributed by atoms with Crippen LogP contribution in [0.1, 0.15) is 54.8 Å². The average Bonchev–Trinajstić information content (AvgIpc) is 3.52. The minimum Gasteiger partial charge on any atom is -0.490 e. The molecule has 0 radical (unpaired) electrons. The van der Waals surface area contributed by atoms with E-state index in [1.165, 1.54) is 12.8 Å². The van der Waals surface area contributed by atoms with Crippen molar-refractivity contribution in [3.05, 3.63) is 65.4 Å². The molecule has 1 aliphatic heterocycles. The van der Waals surface area contributed by atoms with E-state index < -0.39 is 0 Å². The molecule has 32 heavy (non-hydrogen) atoms. The van der Waals surface area contributed by atoms with E-state index in [1.54, 1.807) is 16.0 Å². The number of amides is 1. The summed E-state index contributed by atoms with van der Waals surface area (Å²) >= 11 is 1.57. The Kier molecular flexibility index (Phi) is 4.72. The fraction of sp³-hybridized carbons (Fsp3) is 0.320. The van der Waals surface area contributed by atoms with Gasteiger partial charge in [-0.2, -0.15) is 9.78 Å². The average molecular weight is 445 g/mol. The minimum atomic E-state index is -0.0977. The van der Waals surface area contributed by atoms with E-state index >= 15 is 0 Å². The van der Waals surface area contributed by atoms with Crippen LogP contribution in [0.25, 0.3) is 15.3 Å². The highest BCUT2D eigenvalue weighted by Crippen LogP contribution is 2.44. The van der Waals surface area contributed by atoms with Crippen LogP contribution in [-0.2, 0) is 4.79 Å². The maximum absolute atomic E-state index is 12.8. The van der Waals surface area contributed by atoms with Gasteiger partial charge in [-0.25, -0.2) is 4.98 Å². The first-order valence-corrected chi connectivity index (χ1v) is 12.0. The first kappa shape index (κ1) is 19.5. The zero-order valence-electron chi connectivity index (χ0n) is 17.9. The zero-order chi connectivity index (χ0) is 21.7. The number of hydrogen-bond donors (Lipinski definition) is 1. The lowest BCUT2D eigenvalue weighted by Gasteiger charge is -2.26. The number of fused-ring (bicyclic) bond motifs is 2. The minimum absolute atomic E-state index is 0.0135. The second-order valence-electron chi connectivity index (χ2n) is 8.59. The van der Waals surface area contributed by atoms with Gasteiger partial charge in [0.25, 0.3) is 0 Å². The molecule has 1 aliphatic carbocycles. The Labute approximate surface area is 190 Å². The first-order valence-electron chi connectivity index (χ1n) is 11.2. The van der Waals surface area contributed by atoms with E-state index in [9.17, 15) is 4.79 Å². The van der Waals surface area contributed by atoms with Crippen LogP contribution in [0.5, 0.6) is 5.75 Å². The molecule has 2 aromatic carbocycles. The first-order chi connectivity index (χ1) is 15.7. The number of nitrogens with one attached hydrogen (secondary N) is 1. The monoisotopic (exact) mass is 444 g/mol. The van der Waals surface area contributed by atoms with Crippen LogP contribution in [0, 0.1) is 6.92 Å². The van der Waals surface area contributed by atoms with Crippen molar-refractivity contribution >= 4 is 33.3 Å². The molecule has 1 amide bonds. The number of rotatable bonds is 4. The zero-order valence-corrected chi connectivity index (χ0v) is 18.7.